The summed E-state index contributed by atoms with van der Waals surface area (Å²) in [5.41, 5.74) is 15.0. The minimum absolute atomic E-state index is 1.22. The van der Waals surface area contributed by atoms with Gasteiger partial charge < -0.3 is 0 Å². The zero-order chi connectivity index (χ0) is 36.0. The van der Waals surface area contributed by atoms with E-state index in [2.05, 4.69) is 194 Å². The largest absolute Gasteiger partial charge is 0.135 e. The summed E-state index contributed by atoms with van der Waals surface area (Å²) in [6.07, 6.45) is 0. The third-order valence-corrected chi connectivity index (χ3v) is 13.1. The summed E-state index contributed by atoms with van der Waals surface area (Å²) in [5, 5.41) is 10.4. The second-order valence-electron chi connectivity index (χ2n) is 14.7. The van der Waals surface area contributed by atoms with Crippen LogP contribution in [0.25, 0.3) is 119 Å². The Morgan fingerprint density at radius 1 is 0.218 bits per heavy atom. The number of rotatable bonds is 2. The minimum Gasteiger partial charge on any atom is -0.135 e. The molecule has 0 N–H and O–H groups in total. The summed E-state index contributed by atoms with van der Waals surface area (Å²) in [6, 6.07) is 72.5. The van der Waals surface area contributed by atoms with Crippen LogP contribution in [0.3, 0.4) is 0 Å². The molecule has 0 fully saturated rings. The molecule has 1 heterocycles. The van der Waals surface area contributed by atoms with Crippen molar-refractivity contribution in [3.63, 3.8) is 0 Å². The van der Waals surface area contributed by atoms with Crippen molar-refractivity contribution < 1.29 is 0 Å². The average molecular weight is 713 g/mol. The lowest BCUT2D eigenvalue weighted by atomic mass is 9.79. The molecule has 10 aromatic carbocycles. The minimum atomic E-state index is 1.22. The number of benzene rings is 10. The number of hydrogen-bond acceptors (Lipinski definition) is 1. The SMILES string of the molecule is c1ccc2c(c1)-c1ccccc1-c1cc(-c3ccc4c5ccccc5c5ccccc5c4c3)ccc1-c1cc(-c3cccc4c3sc3ccccc34)ccc1-2. The molecule has 1 aliphatic carbocycles. The van der Waals surface area contributed by atoms with Gasteiger partial charge in [0.1, 0.15) is 0 Å². The first-order valence-electron chi connectivity index (χ1n) is 19.0. The van der Waals surface area contributed by atoms with Gasteiger partial charge in [0.05, 0.1) is 0 Å². The Morgan fingerprint density at radius 2 is 0.618 bits per heavy atom. The van der Waals surface area contributed by atoms with Crippen molar-refractivity contribution in [3.05, 3.63) is 194 Å². The van der Waals surface area contributed by atoms with Crippen molar-refractivity contribution in [2.45, 2.75) is 0 Å². The molecule has 0 unspecified atom stereocenters. The van der Waals surface area contributed by atoms with Crippen molar-refractivity contribution >= 4 is 63.8 Å². The third-order valence-electron chi connectivity index (χ3n) is 11.8. The number of hydrogen-bond donors (Lipinski definition) is 0. The highest BCUT2D eigenvalue weighted by molar-refractivity contribution is 7.26. The monoisotopic (exact) mass is 712 g/mol. The molecule has 1 aromatic heterocycles. The third kappa shape index (κ3) is 4.57. The van der Waals surface area contributed by atoms with Gasteiger partial charge in [0.15, 0.2) is 0 Å². The second-order valence-corrected chi connectivity index (χ2v) is 15.8. The van der Waals surface area contributed by atoms with E-state index in [1.807, 2.05) is 11.3 Å². The molecule has 0 radical (unpaired) electrons. The molecule has 0 saturated carbocycles. The zero-order valence-corrected chi connectivity index (χ0v) is 30.7. The molecular weight excluding hydrogens is 681 g/mol. The highest BCUT2D eigenvalue weighted by Crippen LogP contribution is 2.50. The van der Waals surface area contributed by atoms with E-state index in [-0.39, 0.29) is 0 Å². The van der Waals surface area contributed by atoms with Crippen LogP contribution in [0.2, 0.25) is 0 Å². The normalized spacial score (nSPS) is 12.0. The van der Waals surface area contributed by atoms with Gasteiger partial charge >= 0.3 is 0 Å². The molecule has 1 heteroatoms. The van der Waals surface area contributed by atoms with E-state index in [0.29, 0.717) is 0 Å². The second kappa shape index (κ2) is 11.9. The summed E-state index contributed by atoms with van der Waals surface area (Å²) in [4.78, 5) is 0. The Balaban J connectivity index is 1.11. The van der Waals surface area contributed by atoms with Crippen LogP contribution in [0.4, 0.5) is 0 Å². The molecule has 0 atom stereocenters. The van der Waals surface area contributed by atoms with Gasteiger partial charge in [-0.2, -0.15) is 0 Å². The van der Waals surface area contributed by atoms with Crippen LogP contribution in [-0.4, -0.2) is 0 Å². The Hall–Kier alpha value is -6.80. The molecule has 0 spiro atoms. The Morgan fingerprint density at radius 3 is 1.27 bits per heavy atom. The van der Waals surface area contributed by atoms with E-state index < -0.39 is 0 Å². The Kier molecular flexibility index (Phi) is 6.60. The topological polar surface area (TPSA) is 0 Å². The van der Waals surface area contributed by atoms with E-state index in [1.54, 1.807) is 0 Å². The first kappa shape index (κ1) is 30.6. The quantitative estimate of drug-likeness (QED) is 0.157. The number of fused-ring (bicyclic) bond motifs is 17. The maximum Gasteiger partial charge on any atom is 0.0433 e. The average Bonchev–Trinajstić information content (AvgIpc) is 3.65. The standard InChI is InChI=1S/C54H32S/c1-3-16-41-37(12-1)39-14-5-7-18-43(39)50-30-33(24-27-45(41)50)34-25-28-47-51(31-34)44-19-8-6-15-40(44)38-13-2-4-17-42(38)46-29-26-35(32-52(46)47)36-21-11-22-49-48-20-9-10-23-53(48)55-54(36)49/h1-32H. The zero-order valence-electron chi connectivity index (χ0n) is 29.9. The summed E-state index contributed by atoms with van der Waals surface area (Å²) in [7, 11) is 0. The van der Waals surface area contributed by atoms with Gasteiger partial charge in [-0.3, -0.25) is 0 Å². The summed E-state index contributed by atoms with van der Waals surface area (Å²) >= 11 is 1.89. The first-order chi connectivity index (χ1) is 27.3. The lowest BCUT2D eigenvalue weighted by Crippen LogP contribution is -1.98. The van der Waals surface area contributed by atoms with Gasteiger partial charge in [-0.1, -0.05) is 170 Å². The van der Waals surface area contributed by atoms with Gasteiger partial charge in [-0.25, -0.2) is 0 Å². The highest BCUT2D eigenvalue weighted by atomic mass is 32.1. The van der Waals surface area contributed by atoms with Crippen molar-refractivity contribution in [1.29, 1.82) is 0 Å². The molecule has 1 aliphatic rings. The summed E-state index contributed by atoms with van der Waals surface area (Å²) in [6.45, 7) is 0. The predicted octanol–water partition coefficient (Wildman–Crippen LogP) is 15.8. The highest BCUT2D eigenvalue weighted by Gasteiger charge is 2.23. The molecule has 0 aliphatic heterocycles. The van der Waals surface area contributed by atoms with Crippen LogP contribution in [0.5, 0.6) is 0 Å². The summed E-state index contributed by atoms with van der Waals surface area (Å²) in [5.74, 6) is 0. The van der Waals surface area contributed by atoms with E-state index >= 15 is 0 Å². The van der Waals surface area contributed by atoms with Crippen LogP contribution in [0.15, 0.2) is 194 Å². The van der Waals surface area contributed by atoms with Crippen LogP contribution in [0.1, 0.15) is 0 Å². The lowest BCUT2D eigenvalue weighted by Gasteiger charge is -2.24. The Bertz CT molecular complexity index is 3340. The van der Waals surface area contributed by atoms with Crippen molar-refractivity contribution in [2.75, 3.05) is 0 Å². The van der Waals surface area contributed by atoms with Crippen LogP contribution in [0, 0.1) is 0 Å². The van der Waals surface area contributed by atoms with Crippen LogP contribution < -0.4 is 0 Å². The van der Waals surface area contributed by atoms with Crippen LogP contribution in [-0.2, 0) is 0 Å². The fourth-order valence-electron chi connectivity index (χ4n) is 9.32. The molecule has 11 aromatic rings. The molecule has 0 saturated heterocycles. The first-order valence-corrected chi connectivity index (χ1v) is 19.8. The predicted molar refractivity (Wildman–Crippen MR) is 238 cm³/mol. The lowest BCUT2D eigenvalue weighted by molar-refractivity contribution is 1.52. The molecule has 55 heavy (non-hydrogen) atoms. The molecule has 0 bridgehead atoms. The van der Waals surface area contributed by atoms with Gasteiger partial charge in [0, 0.05) is 20.2 Å². The van der Waals surface area contributed by atoms with E-state index in [4.69, 9.17) is 0 Å². The Labute approximate surface area is 323 Å². The molecule has 12 rings (SSSR count). The van der Waals surface area contributed by atoms with Crippen molar-refractivity contribution in [2.24, 2.45) is 0 Å². The molecule has 0 amide bonds. The maximum atomic E-state index is 2.45. The van der Waals surface area contributed by atoms with Gasteiger partial charge in [-0.15, -0.1) is 11.3 Å². The molecule has 254 valence electrons. The van der Waals surface area contributed by atoms with E-state index in [9.17, 15) is 0 Å². The van der Waals surface area contributed by atoms with E-state index in [0.717, 1.165) is 0 Å². The van der Waals surface area contributed by atoms with Crippen molar-refractivity contribution in [1.82, 2.24) is 0 Å². The van der Waals surface area contributed by atoms with E-state index in [1.165, 1.54) is 119 Å². The van der Waals surface area contributed by atoms with Crippen molar-refractivity contribution in [3.8, 4) is 66.8 Å². The fraction of sp³-hybridized carbons (Fsp3) is 0. The fourth-order valence-corrected chi connectivity index (χ4v) is 10.6. The van der Waals surface area contributed by atoms with Gasteiger partial charge in [-0.05, 0) is 123 Å². The maximum absolute atomic E-state index is 2.45. The number of thiophene rings is 1. The van der Waals surface area contributed by atoms with Crippen LogP contribution >= 0.6 is 11.3 Å². The van der Waals surface area contributed by atoms with Gasteiger partial charge in [0.25, 0.3) is 0 Å². The summed E-state index contributed by atoms with van der Waals surface area (Å²) < 4.78 is 2.67. The van der Waals surface area contributed by atoms with Gasteiger partial charge in [0.2, 0.25) is 0 Å². The smallest absolute Gasteiger partial charge is 0.0433 e. The molecular formula is C54H32S. The molecule has 0 nitrogen and oxygen atoms in total.